The fourth-order valence-electron chi connectivity index (χ4n) is 5.44. The topological polar surface area (TPSA) is 41.1 Å². The number of carbonyl (C=O) groups excluding carboxylic acids is 1. The van der Waals surface area contributed by atoms with E-state index in [1.54, 1.807) is 18.1 Å². The Kier molecular flexibility index (Phi) is 3.86. The number of amides is 1. The summed E-state index contributed by atoms with van der Waals surface area (Å²) in [4.78, 5) is 11.3. The zero-order chi connectivity index (χ0) is 17.7. The van der Waals surface area contributed by atoms with E-state index in [1.807, 2.05) is 6.07 Å². The van der Waals surface area contributed by atoms with E-state index in [0.29, 0.717) is 12.1 Å². The molecule has 1 fully saturated rings. The molecule has 0 aromatic heterocycles. The molecule has 0 spiro atoms. The highest BCUT2D eigenvalue weighted by atomic mass is 16.1. The molecular weight excluding hydrogens is 320 g/mol. The van der Waals surface area contributed by atoms with Crippen molar-refractivity contribution in [3.63, 3.8) is 0 Å². The van der Waals surface area contributed by atoms with Crippen molar-refractivity contribution in [2.24, 2.45) is 5.92 Å². The van der Waals surface area contributed by atoms with Gasteiger partial charge in [0.05, 0.1) is 0 Å². The van der Waals surface area contributed by atoms with Crippen molar-refractivity contribution in [3.8, 4) is 0 Å². The van der Waals surface area contributed by atoms with Crippen molar-refractivity contribution in [1.29, 1.82) is 0 Å². The van der Waals surface area contributed by atoms with E-state index in [4.69, 9.17) is 0 Å². The zero-order valence-electron chi connectivity index (χ0n) is 15.3. The van der Waals surface area contributed by atoms with Crippen LogP contribution in [0, 0.1) is 5.92 Å². The summed E-state index contributed by atoms with van der Waals surface area (Å²) in [5.74, 6) is 1.56. The molecule has 1 amide bonds. The molecule has 0 saturated heterocycles. The lowest BCUT2D eigenvalue weighted by atomic mass is 9.60. The second-order valence-electron chi connectivity index (χ2n) is 8.20. The molecule has 2 N–H and O–H groups in total. The summed E-state index contributed by atoms with van der Waals surface area (Å²) in [6, 6.07) is 16.6. The fourth-order valence-corrected chi connectivity index (χ4v) is 5.44. The van der Waals surface area contributed by atoms with Gasteiger partial charge in [-0.1, -0.05) is 30.3 Å². The average Bonchev–Trinajstić information content (AvgIpc) is 3.01. The third kappa shape index (κ3) is 2.66. The van der Waals surface area contributed by atoms with Gasteiger partial charge in [0.25, 0.3) is 0 Å². The molecule has 4 atom stereocenters. The Bertz CT molecular complexity index is 859. The Morgan fingerprint density at radius 2 is 1.85 bits per heavy atom. The smallest absolute Gasteiger partial charge is 0.221 e. The number of anilines is 1. The lowest BCUT2D eigenvalue weighted by Gasteiger charge is -2.50. The van der Waals surface area contributed by atoms with Crippen LogP contribution in [0.25, 0.3) is 0 Å². The van der Waals surface area contributed by atoms with E-state index in [9.17, 15) is 4.79 Å². The maximum atomic E-state index is 11.3. The van der Waals surface area contributed by atoms with Crippen molar-refractivity contribution in [1.82, 2.24) is 5.32 Å². The number of nitrogens with one attached hydrogen (secondary N) is 2. The number of rotatable bonds is 3. The minimum atomic E-state index is -0.00397. The number of benzene rings is 2. The van der Waals surface area contributed by atoms with E-state index in [1.165, 1.54) is 36.8 Å². The van der Waals surface area contributed by atoms with Gasteiger partial charge in [-0.3, -0.25) is 4.79 Å². The van der Waals surface area contributed by atoms with Crippen LogP contribution in [0.3, 0.4) is 0 Å². The Labute approximate surface area is 155 Å². The summed E-state index contributed by atoms with van der Waals surface area (Å²) in [5, 5.41) is 6.87. The molecule has 26 heavy (non-hydrogen) atoms. The Morgan fingerprint density at radius 3 is 2.73 bits per heavy atom. The summed E-state index contributed by atoms with van der Waals surface area (Å²) in [6.07, 6.45) is 6.10. The molecule has 3 aliphatic carbocycles. The second-order valence-corrected chi connectivity index (χ2v) is 8.20. The van der Waals surface area contributed by atoms with Crippen LogP contribution in [0.4, 0.5) is 5.69 Å². The summed E-state index contributed by atoms with van der Waals surface area (Å²) in [5.41, 5.74) is 6.92. The van der Waals surface area contributed by atoms with E-state index in [0.717, 1.165) is 23.9 Å². The van der Waals surface area contributed by atoms with E-state index in [-0.39, 0.29) is 5.91 Å². The van der Waals surface area contributed by atoms with Crippen molar-refractivity contribution < 1.29 is 4.79 Å². The monoisotopic (exact) mass is 346 g/mol. The number of hydrogen-bond acceptors (Lipinski definition) is 2. The fraction of sp³-hybridized carbons (Fsp3) is 0.435. The molecule has 0 bridgehead atoms. The van der Waals surface area contributed by atoms with Gasteiger partial charge in [0.1, 0.15) is 0 Å². The standard InChI is InChI=1S/C23H26N2O/c1-14(26)24-17-8-10-19-16(12-17)7-11-22(19)25-23-13-21-18-5-3-2-4-15(18)6-9-20(21)23/h2-5,8,10,12,20-23,25H,6-7,9,11,13H2,1H3,(H,24,26). The largest absolute Gasteiger partial charge is 0.326 e. The maximum Gasteiger partial charge on any atom is 0.221 e. The normalized spacial score (nSPS) is 28.5. The molecule has 0 radical (unpaired) electrons. The Balaban J connectivity index is 1.28. The quantitative estimate of drug-likeness (QED) is 0.868. The van der Waals surface area contributed by atoms with Crippen LogP contribution in [0.5, 0.6) is 0 Å². The van der Waals surface area contributed by atoms with Crippen molar-refractivity contribution in [2.75, 3.05) is 5.32 Å². The van der Waals surface area contributed by atoms with E-state index >= 15 is 0 Å². The first-order valence-corrected chi connectivity index (χ1v) is 9.93. The van der Waals surface area contributed by atoms with Gasteiger partial charge in [-0.05, 0) is 78.3 Å². The molecule has 5 rings (SSSR count). The van der Waals surface area contributed by atoms with Crippen molar-refractivity contribution in [3.05, 3.63) is 64.7 Å². The number of carbonyl (C=O) groups is 1. The van der Waals surface area contributed by atoms with Crippen LogP contribution in [0.15, 0.2) is 42.5 Å². The van der Waals surface area contributed by atoms with Gasteiger partial charge in [0.2, 0.25) is 5.91 Å². The van der Waals surface area contributed by atoms with E-state index in [2.05, 4.69) is 47.0 Å². The summed E-state index contributed by atoms with van der Waals surface area (Å²) in [6.45, 7) is 1.56. The van der Waals surface area contributed by atoms with E-state index < -0.39 is 0 Å². The predicted octanol–water partition coefficient (Wildman–Crippen LogP) is 4.34. The predicted molar refractivity (Wildman–Crippen MR) is 104 cm³/mol. The average molecular weight is 346 g/mol. The third-order valence-corrected chi connectivity index (χ3v) is 6.70. The summed E-state index contributed by atoms with van der Waals surface area (Å²) < 4.78 is 0. The van der Waals surface area contributed by atoms with Crippen LogP contribution in [-0.4, -0.2) is 11.9 Å². The molecule has 0 heterocycles. The van der Waals surface area contributed by atoms with Gasteiger partial charge in [-0.15, -0.1) is 0 Å². The van der Waals surface area contributed by atoms with Gasteiger partial charge in [0.15, 0.2) is 0 Å². The first-order chi connectivity index (χ1) is 12.7. The molecule has 2 aromatic carbocycles. The highest BCUT2D eigenvalue weighted by molar-refractivity contribution is 5.88. The van der Waals surface area contributed by atoms with Crippen LogP contribution in [0.1, 0.15) is 60.4 Å². The Hall–Kier alpha value is -2.13. The number of aryl methyl sites for hydroxylation is 2. The van der Waals surface area contributed by atoms with Crippen LogP contribution >= 0.6 is 0 Å². The van der Waals surface area contributed by atoms with Crippen molar-refractivity contribution >= 4 is 11.6 Å². The van der Waals surface area contributed by atoms with Gasteiger partial charge >= 0.3 is 0 Å². The molecule has 134 valence electrons. The van der Waals surface area contributed by atoms with Crippen LogP contribution in [0.2, 0.25) is 0 Å². The summed E-state index contributed by atoms with van der Waals surface area (Å²) >= 11 is 0. The first-order valence-electron chi connectivity index (χ1n) is 9.93. The lowest BCUT2D eigenvalue weighted by Crippen LogP contribution is -2.51. The third-order valence-electron chi connectivity index (χ3n) is 6.70. The van der Waals surface area contributed by atoms with Crippen LogP contribution in [-0.2, 0) is 17.6 Å². The minimum absolute atomic E-state index is 0.00397. The molecule has 2 aromatic rings. The Morgan fingerprint density at radius 1 is 1.00 bits per heavy atom. The highest BCUT2D eigenvalue weighted by Gasteiger charge is 2.45. The molecule has 3 nitrogen and oxygen atoms in total. The second kappa shape index (κ2) is 6.24. The first kappa shape index (κ1) is 16.1. The molecule has 4 unspecified atom stereocenters. The van der Waals surface area contributed by atoms with Gasteiger partial charge in [-0.25, -0.2) is 0 Å². The van der Waals surface area contributed by atoms with Crippen LogP contribution < -0.4 is 10.6 Å². The lowest BCUT2D eigenvalue weighted by molar-refractivity contribution is -0.114. The maximum absolute atomic E-state index is 11.3. The molecule has 0 aliphatic heterocycles. The van der Waals surface area contributed by atoms with Gasteiger partial charge < -0.3 is 10.6 Å². The molecule has 3 heteroatoms. The number of hydrogen-bond donors (Lipinski definition) is 2. The number of fused-ring (bicyclic) bond motifs is 4. The van der Waals surface area contributed by atoms with Gasteiger partial charge in [-0.2, -0.15) is 0 Å². The zero-order valence-corrected chi connectivity index (χ0v) is 15.3. The highest BCUT2D eigenvalue weighted by Crippen LogP contribution is 2.50. The van der Waals surface area contributed by atoms with Gasteiger partial charge in [0, 0.05) is 24.7 Å². The summed E-state index contributed by atoms with van der Waals surface area (Å²) in [7, 11) is 0. The molecule has 3 aliphatic rings. The van der Waals surface area contributed by atoms with Crippen molar-refractivity contribution in [2.45, 2.75) is 57.0 Å². The molecule has 1 saturated carbocycles. The minimum Gasteiger partial charge on any atom is -0.326 e. The molecular formula is C23H26N2O. The SMILES string of the molecule is CC(=O)Nc1ccc2c(c1)CCC2NC1CC2c3ccccc3CCC12.